The fourth-order valence-corrected chi connectivity index (χ4v) is 1.61. The second-order valence-electron chi connectivity index (χ2n) is 3.75. The van der Waals surface area contributed by atoms with Gasteiger partial charge in [-0.3, -0.25) is 4.90 Å². The predicted molar refractivity (Wildman–Crippen MR) is 59.4 cm³/mol. The molecule has 1 aromatic carbocycles. The lowest BCUT2D eigenvalue weighted by Crippen LogP contribution is -2.45. The second-order valence-corrected chi connectivity index (χ2v) is 3.75. The Morgan fingerprint density at radius 3 is 2.33 bits per heavy atom. The molecule has 0 amide bonds. The van der Waals surface area contributed by atoms with Gasteiger partial charge in [0, 0.05) is 13.1 Å². The minimum Gasteiger partial charge on any atom is -0.395 e. The Bertz CT molecular complexity index is 400. The van der Waals surface area contributed by atoms with E-state index in [2.05, 4.69) is 0 Å². The summed E-state index contributed by atoms with van der Waals surface area (Å²) in [6.45, 7) is -0.660. The Morgan fingerprint density at radius 2 is 1.89 bits per heavy atom. The van der Waals surface area contributed by atoms with Gasteiger partial charge in [0.2, 0.25) is 0 Å². The maximum atomic E-state index is 12.7. The number of aliphatic hydroxyl groups is 1. The zero-order chi connectivity index (χ0) is 13.6. The highest BCUT2D eigenvalue weighted by Gasteiger charge is 2.43. The minimum atomic E-state index is -4.63. The van der Waals surface area contributed by atoms with Gasteiger partial charge < -0.3 is 5.11 Å². The molecule has 1 rings (SSSR count). The zero-order valence-electron chi connectivity index (χ0n) is 9.56. The Balaban J connectivity index is 2.86. The summed E-state index contributed by atoms with van der Waals surface area (Å²) < 4.78 is 38.0. The van der Waals surface area contributed by atoms with E-state index in [1.807, 2.05) is 0 Å². The molecule has 0 aliphatic heterocycles. The average molecular weight is 258 g/mol. The molecule has 1 N–H and O–H groups in total. The number of halogens is 3. The first kappa shape index (κ1) is 14.5. The van der Waals surface area contributed by atoms with E-state index in [4.69, 9.17) is 10.4 Å². The van der Waals surface area contributed by atoms with E-state index >= 15 is 0 Å². The molecule has 6 heteroatoms. The molecule has 98 valence electrons. The summed E-state index contributed by atoms with van der Waals surface area (Å²) in [5.41, 5.74) is 0.662. The lowest BCUT2D eigenvalue weighted by molar-refractivity contribution is -0.170. The van der Waals surface area contributed by atoms with Crippen molar-refractivity contribution < 1.29 is 18.3 Å². The molecule has 0 saturated carbocycles. The van der Waals surface area contributed by atoms with Crippen molar-refractivity contribution in [2.45, 2.75) is 18.8 Å². The van der Waals surface area contributed by atoms with Crippen molar-refractivity contribution in [2.75, 3.05) is 13.2 Å². The summed E-state index contributed by atoms with van der Waals surface area (Å²) in [7, 11) is 0. The standard InChI is InChI=1S/C12H13F3N2O/c13-12(14,15)11(8-16)17(6-7-18)9-10-4-2-1-3-5-10/h1-5,11,18H,6-7,9H2. The molecule has 0 aliphatic rings. The van der Waals surface area contributed by atoms with Crippen LogP contribution in [0.2, 0.25) is 0 Å². The number of aliphatic hydroxyl groups excluding tert-OH is 1. The van der Waals surface area contributed by atoms with Crippen molar-refractivity contribution >= 4 is 0 Å². The van der Waals surface area contributed by atoms with Crippen LogP contribution in [0.1, 0.15) is 5.56 Å². The molecule has 0 bridgehead atoms. The number of hydrogen-bond donors (Lipinski definition) is 1. The highest BCUT2D eigenvalue weighted by Crippen LogP contribution is 2.25. The van der Waals surface area contributed by atoms with Crippen LogP contribution in [0, 0.1) is 11.3 Å². The van der Waals surface area contributed by atoms with Crippen LogP contribution >= 0.6 is 0 Å². The summed E-state index contributed by atoms with van der Waals surface area (Å²) in [5.74, 6) is 0. The third-order valence-corrected chi connectivity index (χ3v) is 2.41. The molecule has 0 aromatic heterocycles. The zero-order valence-corrected chi connectivity index (χ0v) is 9.56. The maximum Gasteiger partial charge on any atom is 0.417 e. The molecule has 1 unspecified atom stereocenters. The highest BCUT2D eigenvalue weighted by molar-refractivity contribution is 5.15. The number of rotatable bonds is 5. The molecule has 0 aliphatic carbocycles. The van der Waals surface area contributed by atoms with Gasteiger partial charge in [-0.15, -0.1) is 0 Å². The molecule has 0 spiro atoms. The lowest BCUT2D eigenvalue weighted by atomic mass is 10.1. The molecule has 0 heterocycles. The highest BCUT2D eigenvalue weighted by atomic mass is 19.4. The normalized spacial score (nSPS) is 13.3. The number of alkyl halides is 3. The second kappa shape index (κ2) is 6.38. The molecular weight excluding hydrogens is 245 g/mol. The molecule has 1 atom stereocenters. The average Bonchev–Trinajstić information content (AvgIpc) is 2.29. The van der Waals surface area contributed by atoms with E-state index in [1.54, 1.807) is 30.3 Å². The van der Waals surface area contributed by atoms with Gasteiger partial charge in [-0.05, 0) is 5.56 Å². The van der Waals surface area contributed by atoms with Crippen molar-refractivity contribution in [3.8, 4) is 6.07 Å². The molecule has 0 saturated heterocycles. The van der Waals surface area contributed by atoms with Gasteiger partial charge in [-0.2, -0.15) is 18.4 Å². The Labute approximate surface area is 103 Å². The third kappa shape index (κ3) is 4.02. The van der Waals surface area contributed by atoms with Crippen molar-refractivity contribution in [3.05, 3.63) is 35.9 Å². The summed E-state index contributed by atoms with van der Waals surface area (Å²) in [5, 5.41) is 17.4. The van der Waals surface area contributed by atoms with E-state index in [0.29, 0.717) is 5.56 Å². The summed E-state index contributed by atoms with van der Waals surface area (Å²) >= 11 is 0. The summed E-state index contributed by atoms with van der Waals surface area (Å²) in [6, 6.07) is 7.56. The van der Waals surface area contributed by atoms with Crippen LogP contribution in [0.15, 0.2) is 30.3 Å². The van der Waals surface area contributed by atoms with E-state index in [1.165, 1.54) is 6.07 Å². The van der Waals surface area contributed by atoms with Gasteiger partial charge in [0.05, 0.1) is 12.7 Å². The predicted octanol–water partition coefficient (Wildman–Crippen LogP) is 1.94. The molecule has 0 fully saturated rings. The van der Waals surface area contributed by atoms with Crippen LogP contribution in [-0.2, 0) is 6.54 Å². The van der Waals surface area contributed by atoms with Crippen LogP contribution in [0.5, 0.6) is 0 Å². The van der Waals surface area contributed by atoms with Gasteiger partial charge in [0.25, 0.3) is 0 Å². The lowest BCUT2D eigenvalue weighted by Gasteiger charge is -2.27. The maximum absolute atomic E-state index is 12.7. The van der Waals surface area contributed by atoms with Crippen LogP contribution in [-0.4, -0.2) is 35.4 Å². The number of hydrogen-bond acceptors (Lipinski definition) is 3. The van der Waals surface area contributed by atoms with Crippen LogP contribution in [0.3, 0.4) is 0 Å². The molecule has 1 aromatic rings. The van der Waals surface area contributed by atoms with Gasteiger partial charge >= 0.3 is 6.18 Å². The molecule has 18 heavy (non-hydrogen) atoms. The number of benzene rings is 1. The van der Waals surface area contributed by atoms with Crippen molar-refractivity contribution in [1.29, 1.82) is 5.26 Å². The minimum absolute atomic E-state index is 0.0286. The fraction of sp³-hybridized carbons (Fsp3) is 0.417. The molecular formula is C12H13F3N2O. The first-order valence-corrected chi connectivity index (χ1v) is 5.34. The van der Waals surface area contributed by atoms with Crippen LogP contribution in [0.25, 0.3) is 0 Å². The monoisotopic (exact) mass is 258 g/mol. The van der Waals surface area contributed by atoms with Crippen molar-refractivity contribution in [2.24, 2.45) is 0 Å². The first-order valence-electron chi connectivity index (χ1n) is 5.34. The van der Waals surface area contributed by atoms with Crippen LogP contribution < -0.4 is 0 Å². The molecule has 0 radical (unpaired) electrons. The first-order chi connectivity index (χ1) is 8.49. The van der Waals surface area contributed by atoms with Gasteiger partial charge in [0.15, 0.2) is 6.04 Å². The smallest absolute Gasteiger partial charge is 0.395 e. The van der Waals surface area contributed by atoms with Gasteiger partial charge in [-0.1, -0.05) is 30.3 Å². The fourth-order valence-electron chi connectivity index (χ4n) is 1.61. The Hall–Kier alpha value is -1.58. The number of nitrogens with zero attached hydrogens (tertiary/aromatic N) is 2. The number of nitriles is 1. The SMILES string of the molecule is N#CC(N(CCO)Cc1ccccc1)C(F)(F)F. The molecule has 3 nitrogen and oxygen atoms in total. The van der Waals surface area contributed by atoms with Crippen LogP contribution in [0.4, 0.5) is 13.2 Å². The Morgan fingerprint density at radius 1 is 1.28 bits per heavy atom. The Kier molecular flexibility index (Phi) is 5.13. The van der Waals surface area contributed by atoms with E-state index in [-0.39, 0.29) is 13.1 Å². The topological polar surface area (TPSA) is 47.3 Å². The third-order valence-electron chi connectivity index (χ3n) is 2.41. The van der Waals surface area contributed by atoms with Gasteiger partial charge in [0.1, 0.15) is 0 Å². The van der Waals surface area contributed by atoms with Crippen molar-refractivity contribution in [1.82, 2.24) is 4.90 Å². The quantitative estimate of drug-likeness (QED) is 0.878. The van der Waals surface area contributed by atoms with Crippen molar-refractivity contribution in [3.63, 3.8) is 0 Å². The van der Waals surface area contributed by atoms with E-state index in [9.17, 15) is 13.2 Å². The van der Waals surface area contributed by atoms with Gasteiger partial charge in [-0.25, -0.2) is 0 Å². The summed E-state index contributed by atoms with van der Waals surface area (Å²) in [6.07, 6.45) is -4.63. The van der Waals surface area contributed by atoms with E-state index < -0.39 is 18.8 Å². The summed E-state index contributed by atoms with van der Waals surface area (Å²) in [4.78, 5) is 0.912. The van der Waals surface area contributed by atoms with E-state index in [0.717, 1.165) is 4.90 Å². The largest absolute Gasteiger partial charge is 0.417 e.